The fraction of sp³-hybridized carbons (Fsp3) is 0.182. The Hall–Kier alpha value is -1.80. The minimum atomic E-state index is 0.363. The molecule has 0 aliphatic heterocycles. The van der Waals surface area contributed by atoms with Gasteiger partial charge in [-0.15, -0.1) is 0 Å². The Morgan fingerprint density at radius 2 is 2.19 bits per heavy atom. The van der Waals surface area contributed by atoms with Crippen molar-refractivity contribution in [2.24, 2.45) is 0 Å². The summed E-state index contributed by atoms with van der Waals surface area (Å²) < 4.78 is 0. The molecule has 0 spiro atoms. The maximum absolute atomic E-state index is 8.53. The zero-order valence-electron chi connectivity index (χ0n) is 8.77. The topological polar surface area (TPSA) is 61.6 Å². The van der Waals surface area contributed by atoms with E-state index in [2.05, 4.69) is 21.4 Å². The molecule has 80 valence electrons. The predicted octanol–water partition coefficient (Wildman–Crippen LogP) is 2.29. The van der Waals surface area contributed by atoms with E-state index >= 15 is 0 Å². The zero-order chi connectivity index (χ0) is 11.4. The molecule has 1 N–H and O–H groups in total. The summed E-state index contributed by atoms with van der Waals surface area (Å²) in [7, 11) is 1.83. The van der Waals surface area contributed by atoms with Crippen LogP contribution < -0.4 is 5.32 Å². The first kappa shape index (κ1) is 10.7. The molecule has 0 aliphatic carbocycles. The molecule has 2 aromatic rings. The van der Waals surface area contributed by atoms with Gasteiger partial charge in [0.05, 0.1) is 17.3 Å². The summed E-state index contributed by atoms with van der Waals surface area (Å²) in [6.07, 6.45) is 0. The lowest BCUT2D eigenvalue weighted by Crippen LogP contribution is -1.97. The van der Waals surface area contributed by atoms with Crippen molar-refractivity contribution in [1.82, 2.24) is 9.97 Å². The molecule has 2 rings (SSSR count). The van der Waals surface area contributed by atoms with Crippen molar-refractivity contribution >= 4 is 28.5 Å². The van der Waals surface area contributed by atoms with Gasteiger partial charge in [-0.25, -0.2) is 9.97 Å². The number of aromatic nitrogens is 2. The Morgan fingerprint density at radius 1 is 1.38 bits per heavy atom. The number of anilines is 1. The Balaban J connectivity index is 2.51. The maximum atomic E-state index is 8.53. The molecule has 1 aromatic carbocycles. The molecule has 0 fully saturated rings. The highest BCUT2D eigenvalue weighted by atomic mass is 32.2. The van der Waals surface area contributed by atoms with E-state index in [1.54, 1.807) is 0 Å². The number of hydrogen-bond donors (Lipinski definition) is 1. The molecule has 0 amide bonds. The number of benzene rings is 1. The van der Waals surface area contributed by atoms with E-state index in [1.807, 2.05) is 31.3 Å². The highest BCUT2D eigenvalue weighted by Gasteiger charge is 2.05. The van der Waals surface area contributed by atoms with Gasteiger partial charge in [0.25, 0.3) is 0 Å². The predicted molar refractivity (Wildman–Crippen MR) is 65.4 cm³/mol. The van der Waals surface area contributed by atoms with E-state index < -0.39 is 0 Å². The molecule has 0 saturated carbocycles. The lowest BCUT2D eigenvalue weighted by molar-refractivity contribution is 1.01. The minimum absolute atomic E-state index is 0.363. The molecule has 0 unspecified atom stereocenters. The number of nitrogens with one attached hydrogen (secondary N) is 1. The van der Waals surface area contributed by atoms with Crippen molar-refractivity contribution in [3.63, 3.8) is 0 Å². The van der Waals surface area contributed by atoms with Gasteiger partial charge in [-0.05, 0) is 12.1 Å². The Morgan fingerprint density at radius 3 is 2.94 bits per heavy atom. The van der Waals surface area contributed by atoms with E-state index in [0.717, 1.165) is 16.7 Å². The number of rotatable bonds is 3. The summed E-state index contributed by atoms with van der Waals surface area (Å²) in [6, 6.07) is 9.87. The van der Waals surface area contributed by atoms with Gasteiger partial charge in [0, 0.05) is 12.4 Å². The van der Waals surface area contributed by atoms with Crippen LogP contribution in [0.2, 0.25) is 0 Å². The number of fused-ring (bicyclic) bond motifs is 1. The molecule has 0 saturated heterocycles. The summed E-state index contributed by atoms with van der Waals surface area (Å²) in [5.74, 6) is 1.16. The van der Waals surface area contributed by atoms with Gasteiger partial charge in [-0.2, -0.15) is 5.26 Å². The van der Waals surface area contributed by atoms with Crippen LogP contribution in [0.15, 0.2) is 29.4 Å². The minimum Gasteiger partial charge on any atom is -0.372 e. The molecule has 4 nitrogen and oxygen atoms in total. The Kier molecular flexibility index (Phi) is 3.22. The molecule has 0 atom stereocenters. The second kappa shape index (κ2) is 4.81. The fourth-order valence-electron chi connectivity index (χ4n) is 1.41. The number of nitriles is 1. The highest BCUT2D eigenvalue weighted by Crippen LogP contribution is 2.23. The largest absolute Gasteiger partial charge is 0.372 e. The second-order valence-electron chi connectivity index (χ2n) is 3.07. The van der Waals surface area contributed by atoms with Crippen molar-refractivity contribution in [2.45, 2.75) is 5.16 Å². The van der Waals surface area contributed by atoms with Crippen molar-refractivity contribution < 1.29 is 0 Å². The third-order valence-electron chi connectivity index (χ3n) is 2.09. The van der Waals surface area contributed by atoms with Gasteiger partial charge in [-0.3, -0.25) is 0 Å². The summed E-state index contributed by atoms with van der Waals surface area (Å²) in [4.78, 5) is 8.73. The summed E-state index contributed by atoms with van der Waals surface area (Å²) >= 11 is 1.34. The van der Waals surface area contributed by atoms with Crippen molar-refractivity contribution in [1.29, 1.82) is 5.26 Å². The second-order valence-corrected chi connectivity index (χ2v) is 4.01. The van der Waals surface area contributed by atoms with E-state index in [0.29, 0.717) is 10.9 Å². The monoisotopic (exact) mass is 230 g/mol. The molecule has 0 bridgehead atoms. The van der Waals surface area contributed by atoms with Gasteiger partial charge < -0.3 is 5.32 Å². The first-order valence-corrected chi connectivity index (χ1v) is 5.78. The lowest BCUT2D eigenvalue weighted by Gasteiger charge is -2.06. The Labute approximate surface area is 97.7 Å². The number of hydrogen-bond acceptors (Lipinski definition) is 5. The van der Waals surface area contributed by atoms with Crippen molar-refractivity contribution in [2.75, 3.05) is 18.1 Å². The standard InChI is InChI=1S/C11H10N4S/c1-13-10-8-4-2-3-5-9(8)14-11(15-10)16-7-6-12/h2-5H,7H2,1H3,(H,13,14,15). The van der Waals surface area contributed by atoms with Crippen LogP contribution in [0.25, 0.3) is 10.9 Å². The normalized spacial score (nSPS) is 10.0. The smallest absolute Gasteiger partial charge is 0.191 e. The van der Waals surface area contributed by atoms with Gasteiger partial charge in [0.15, 0.2) is 5.16 Å². The van der Waals surface area contributed by atoms with E-state index in [9.17, 15) is 0 Å². The fourth-order valence-corrected chi connectivity index (χ4v) is 1.92. The van der Waals surface area contributed by atoms with Crippen LogP contribution in [0.5, 0.6) is 0 Å². The number of para-hydroxylation sites is 1. The van der Waals surface area contributed by atoms with Gasteiger partial charge in [0.1, 0.15) is 5.82 Å². The maximum Gasteiger partial charge on any atom is 0.191 e. The molecule has 0 aliphatic rings. The van der Waals surface area contributed by atoms with E-state index in [-0.39, 0.29) is 0 Å². The quantitative estimate of drug-likeness (QED) is 0.647. The Bertz CT molecular complexity index is 547. The lowest BCUT2D eigenvalue weighted by atomic mass is 10.2. The number of thioether (sulfide) groups is 1. The molecular weight excluding hydrogens is 220 g/mol. The molecule has 1 aromatic heterocycles. The van der Waals surface area contributed by atoms with Crippen LogP contribution in [-0.2, 0) is 0 Å². The van der Waals surface area contributed by atoms with Gasteiger partial charge in [-0.1, -0.05) is 23.9 Å². The average molecular weight is 230 g/mol. The first-order chi connectivity index (χ1) is 7.85. The zero-order valence-corrected chi connectivity index (χ0v) is 9.58. The van der Waals surface area contributed by atoms with Crippen LogP contribution in [0, 0.1) is 11.3 Å². The van der Waals surface area contributed by atoms with Crippen molar-refractivity contribution in [3.05, 3.63) is 24.3 Å². The van der Waals surface area contributed by atoms with Crippen LogP contribution in [0.4, 0.5) is 5.82 Å². The summed E-state index contributed by atoms with van der Waals surface area (Å²) in [5, 5.41) is 13.2. The number of nitrogens with zero attached hydrogens (tertiary/aromatic N) is 3. The summed E-state index contributed by atoms with van der Waals surface area (Å²) in [5.41, 5.74) is 0.891. The van der Waals surface area contributed by atoms with E-state index in [1.165, 1.54) is 11.8 Å². The van der Waals surface area contributed by atoms with Gasteiger partial charge in [0.2, 0.25) is 0 Å². The average Bonchev–Trinajstić information content (AvgIpc) is 2.35. The van der Waals surface area contributed by atoms with Crippen molar-refractivity contribution in [3.8, 4) is 6.07 Å². The summed E-state index contributed by atoms with van der Waals surface area (Å²) in [6.45, 7) is 0. The highest BCUT2D eigenvalue weighted by molar-refractivity contribution is 7.99. The molecule has 5 heteroatoms. The third kappa shape index (κ3) is 2.07. The van der Waals surface area contributed by atoms with Crippen LogP contribution in [0.3, 0.4) is 0 Å². The third-order valence-corrected chi connectivity index (χ3v) is 2.80. The van der Waals surface area contributed by atoms with Crippen LogP contribution >= 0.6 is 11.8 Å². The SMILES string of the molecule is CNc1nc(SCC#N)nc2ccccc12. The van der Waals surface area contributed by atoms with Gasteiger partial charge >= 0.3 is 0 Å². The van der Waals surface area contributed by atoms with Crippen LogP contribution in [0.1, 0.15) is 0 Å². The van der Waals surface area contributed by atoms with E-state index in [4.69, 9.17) is 5.26 Å². The molecule has 0 radical (unpaired) electrons. The molecular formula is C11H10N4S. The molecule has 1 heterocycles. The first-order valence-electron chi connectivity index (χ1n) is 4.79. The van der Waals surface area contributed by atoms with Crippen LogP contribution in [-0.4, -0.2) is 22.8 Å². The molecule has 16 heavy (non-hydrogen) atoms.